The molecule has 32 heavy (non-hydrogen) atoms. The maximum atomic E-state index is 6.72. The maximum Gasteiger partial charge on any atom is 0.195 e. The molecule has 0 aromatic rings. The molecule has 0 rings (SSSR count). The highest BCUT2D eigenvalue weighted by molar-refractivity contribution is 6.73. The summed E-state index contributed by atoms with van der Waals surface area (Å²) < 4.78 is 17.7. The fourth-order valence-corrected chi connectivity index (χ4v) is 8.84. The Kier molecular flexibility index (Phi) is 25.8. The monoisotopic (exact) mass is 472 g/mol. The van der Waals surface area contributed by atoms with Crippen LogP contribution in [0.2, 0.25) is 18.1 Å². The van der Waals surface area contributed by atoms with Crippen molar-refractivity contribution in [1.82, 2.24) is 0 Å². The Morgan fingerprint density at radius 1 is 0.469 bits per heavy atom. The number of hydrogen-bond donors (Lipinski definition) is 0. The normalized spacial score (nSPS) is 12.0. The van der Waals surface area contributed by atoms with Crippen molar-refractivity contribution in [1.29, 1.82) is 0 Å². The molecule has 0 aromatic heterocycles. The molecule has 0 saturated heterocycles. The Morgan fingerprint density at radius 2 is 0.844 bits per heavy atom. The number of hydrogen-bond acceptors (Lipinski definition) is 3. The van der Waals surface area contributed by atoms with Crippen LogP contribution in [-0.2, 0) is 13.9 Å². The lowest BCUT2D eigenvalue weighted by Gasteiger charge is -2.32. The molecule has 0 aromatic carbocycles. The van der Waals surface area contributed by atoms with Gasteiger partial charge in [-0.15, -0.1) is 0 Å². The molecular weight excluding hydrogens is 412 g/mol. The summed E-state index contributed by atoms with van der Waals surface area (Å²) >= 11 is 0. The molecule has 0 bridgehead atoms. The van der Waals surface area contributed by atoms with Gasteiger partial charge in [0.1, 0.15) is 6.79 Å². The Morgan fingerprint density at radius 3 is 1.22 bits per heavy atom. The summed E-state index contributed by atoms with van der Waals surface area (Å²) in [6.45, 7) is 8.69. The highest BCUT2D eigenvalue weighted by Crippen LogP contribution is 2.31. The van der Waals surface area contributed by atoms with Crippen LogP contribution in [0.3, 0.4) is 0 Å². The van der Waals surface area contributed by atoms with Gasteiger partial charge >= 0.3 is 0 Å². The molecule has 0 radical (unpaired) electrons. The summed E-state index contributed by atoms with van der Waals surface area (Å²) in [5, 5.41) is 0. The van der Waals surface area contributed by atoms with Crippen molar-refractivity contribution in [2.24, 2.45) is 0 Å². The second-order valence-electron chi connectivity index (χ2n) is 9.90. The molecule has 0 atom stereocenters. The van der Waals surface area contributed by atoms with Crippen molar-refractivity contribution < 1.29 is 13.9 Å². The van der Waals surface area contributed by atoms with Crippen LogP contribution in [-0.4, -0.2) is 35.4 Å². The predicted molar refractivity (Wildman–Crippen MR) is 144 cm³/mol. The summed E-state index contributed by atoms with van der Waals surface area (Å²) in [5.74, 6) is 0. The van der Waals surface area contributed by atoms with Crippen LogP contribution < -0.4 is 0 Å². The van der Waals surface area contributed by atoms with Gasteiger partial charge in [0.25, 0.3) is 0 Å². The van der Waals surface area contributed by atoms with Crippen molar-refractivity contribution in [3.63, 3.8) is 0 Å². The van der Waals surface area contributed by atoms with Gasteiger partial charge in [-0.3, -0.25) is 0 Å². The minimum Gasteiger partial charge on any atom is -0.395 e. The summed E-state index contributed by atoms with van der Waals surface area (Å²) in [6.07, 6.45) is 24.8. The summed E-state index contributed by atoms with van der Waals surface area (Å²) in [5.41, 5.74) is 0. The van der Waals surface area contributed by atoms with E-state index in [0.29, 0.717) is 20.0 Å². The molecule has 0 aliphatic carbocycles. The molecule has 4 heteroatoms. The van der Waals surface area contributed by atoms with Crippen LogP contribution in [0.15, 0.2) is 0 Å². The lowest BCUT2D eigenvalue weighted by atomic mass is 10.1. The van der Waals surface area contributed by atoms with Crippen LogP contribution in [0.1, 0.15) is 136 Å². The number of ether oxygens (including phenoxy) is 2. The SMILES string of the molecule is CCCCCCCC[Si](CCCCCCCC)(CCCCCCCC)OCOCCOC. The second-order valence-corrected chi connectivity index (χ2v) is 14.1. The van der Waals surface area contributed by atoms with Gasteiger partial charge in [0.15, 0.2) is 8.32 Å². The molecule has 0 aliphatic heterocycles. The van der Waals surface area contributed by atoms with E-state index in [0.717, 1.165) is 0 Å². The fraction of sp³-hybridized carbons (Fsp3) is 1.00. The van der Waals surface area contributed by atoms with Gasteiger partial charge in [-0.1, -0.05) is 136 Å². The first-order valence-corrected chi connectivity index (χ1v) is 17.0. The van der Waals surface area contributed by atoms with Crippen LogP contribution in [0.4, 0.5) is 0 Å². The molecule has 0 heterocycles. The molecule has 3 nitrogen and oxygen atoms in total. The van der Waals surface area contributed by atoms with E-state index in [9.17, 15) is 0 Å². The topological polar surface area (TPSA) is 27.7 Å². The van der Waals surface area contributed by atoms with E-state index in [1.54, 1.807) is 7.11 Å². The summed E-state index contributed by atoms with van der Waals surface area (Å²) in [4.78, 5) is 0. The van der Waals surface area contributed by atoms with E-state index >= 15 is 0 Å². The molecule has 0 N–H and O–H groups in total. The standard InChI is InChI=1S/C28H60O3Si/c1-5-8-11-14-17-20-25-32(31-28-30-24-23-29-4,26-21-18-15-12-9-6-2)27-22-19-16-13-10-7-3/h5-28H2,1-4H3. The molecule has 0 unspecified atom stereocenters. The van der Waals surface area contributed by atoms with E-state index in [4.69, 9.17) is 13.9 Å². The number of methoxy groups -OCH3 is 1. The number of rotatable bonds is 27. The maximum absolute atomic E-state index is 6.72. The van der Waals surface area contributed by atoms with Gasteiger partial charge in [0, 0.05) is 7.11 Å². The van der Waals surface area contributed by atoms with Gasteiger partial charge in [-0.2, -0.15) is 0 Å². The Hall–Kier alpha value is 0.0969. The van der Waals surface area contributed by atoms with Crippen molar-refractivity contribution in [2.75, 3.05) is 27.1 Å². The zero-order chi connectivity index (χ0) is 23.6. The minimum absolute atomic E-state index is 0.483. The highest BCUT2D eigenvalue weighted by atomic mass is 28.4. The number of unbranched alkanes of at least 4 members (excludes halogenated alkanes) is 15. The first-order chi connectivity index (χ1) is 15.7. The third-order valence-electron chi connectivity index (χ3n) is 6.84. The molecule has 0 amide bonds. The van der Waals surface area contributed by atoms with Crippen molar-refractivity contribution in [3.05, 3.63) is 0 Å². The van der Waals surface area contributed by atoms with Crippen molar-refractivity contribution in [2.45, 2.75) is 154 Å². The lowest BCUT2D eigenvalue weighted by molar-refractivity contribution is -0.0147. The van der Waals surface area contributed by atoms with E-state index in [1.165, 1.54) is 134 Å². The molecule has 194 valence electrons. The van der Waals surface area contributed by atoms with Crippen molar-refractivity contribution >= 4 is 8.32 Å². The molecule has 0 spiro atoms. The van der Waals surface area contributed by atoms with E-state index in [2.05, 4.69) is 20.8 Å². The third kappa shape index (κ3) is 20.7. The van der Waals surface area contributed by atoms with Crippen LogP contribution in [0.5, 0.6) is 0 Å². The second kappa shape index (κ2) is 25.7. The highest BCUT2D eigenvalue weighted by Gasteiger charge is 2.33. The summed E-state index contributed by atoms with van der Waals surface area (Å²) in [6, 6.07) is 4.03. The first kappa shape index (κ1) is 32.1. The van der Waals surface area contributed by atoms with E-state index < -0.39 is 8.32 Å². The quantitative estimate of drug-likeness (QED) is 0.0676. The van der Waals surface area contributed by atoms with Crippen LogP contribution in [0.25, 0.3) is 0 Å². The third-order valence-corrected chi connectivity index (χ3v) is 11.4. The van der Waals surface area contributed by atoms with Crippen LogP contribution in [0, 0.1) is 0 Å². The van der Waals surface area contributed by atoms with Gasteiger partial charge in [-0.05, 0) is 18.1 Å². The van der Waals surface area contributed by atoms with Gasteiger partial charge < -0.3 is 13.9 Å². The lowest BCUT2D eigenvalue weighted by Crippen LogP contribution is -2.39. The predicted octanol–water partition coefficient (Wildman–Crippen LogP) is 9.65. The zero-order valence-corrected chi connectivity index (χ0v) is 23.7. The largest absolute Gasteiger partial charge is 0.395 e. The smallest absolute Gasteiger partial charge is 0.195 e. The molecule has 0 fully saturated rings. The average Bonchev–Trinajstić information content (AvgIpc) is 2.80. The van der Waals surface area contributed by atoms with E-state index in [-0.39, 0.29) is 0 Å². The molecule has 0 aliphatic rings. The zero-order valence-electron chi connectivity index (χ0n) is 22.7. The molecular formula is C28H60O3Si. The van der Waals surface area contributed by atoms with Crippen LogP contribution >= 0.6 is 0 Å². The van der Waals surface area contributed by atoms with Gasteiger partial charge in [0.2, 0.25) is 0 Å². The minimum atomic E-state index is -1.73. The van der Waals surface area contributed by atoms with E-state index in [1.807, 2.05) is 0 Å². The summed E-state index contributed by atoms with van der Waals surface area (Å²) in [7, 11) is 0.00800. The Labute approximate surface area is 203 Å². The average molecular weight is 473 g/mol. The first-order valence-electron chi connectivity index (χ1n) is 14.4. The Bertz CT molecular complexity index is 311. The van der Waals surface area contributed by atoms with Gasteiger partial charge in [-0.25, -0.2) is 0 Å². The fourth-order valence-electron chi connectivity index (χ4n) is 4.64. The Balaban J connectivity index is 4.72. The molecule has 0 saturated carbocycles. The van der Waals surface area contributed by atoms with Gasteiger partial charge in [0.05, 0.1) is 13.2 Å². The van der Waals surface area contributed by atoms with Crippen molar-refractivity contribution in [3.8, 4) is 0 Å².